The number of aromatic amines is 2. The van der Waals surface area contributed by atoms with Crippen LogP contribution >= 0.6 is 23.1 Å². The summed E-state index contributed by atoms with van der Waals surface area (Å²) in [5, 5.41) is 86.8. The number of hydrogen-bond acceptors (Lipinski definition) is 27. The zero-order valence-corrected chi connectivity index (χ0v) is 77.7. The number of carbonyl (C=O) groups is 18. The highest BCUT2D eigenvalue weighted by atomic mass is 32.2. The van der Waals surface area contributed by atoms with Crippen LogP contribution in [0.2, 0.25) is 0 Å². The van der Waals surface area contributed by atoms with E-state index in [9.17, 15) is 63.9 Å². The molecule has 0 aliphatic carbocycles. The minimum Gasteiger partial charge on any atom is -0.508 e. The number of carbonyl (C=O) groups excluding carboxylic acids is 16. The molecule has 136 heavy (non-hydrogen) atoms. The first-order valence-corrected chi connectivity index (χ1v) is 47.2. The molecule has 2 fully saturated rings. The first kappa shape index (κ1) is 105. The first-order chi connectivity index (χ1) is 64.9. The Labute approximate surface area is 790 Å². The quantitative estimate of drug-likeness (QED) is 0.0352. The molecule has 732 valence electrons. The average Bonchev–Trinajstić information content (AvgIpc) is 1.51. The minimum atomic E-state index is -1.89. The Hall–Kier alpha value is -13.4. The number of H-pyrrole nitrogens is 2. The lowest BCUT2D eigenvalue weighted by molar-refractivity contribution is -0.149. The maximum atomic E-state index is 15.7. The molecular weight excluding hydrogens is 1810 g/mol. The topological polar surface area (TPSA) is 646 Å². The van der Waals surface area contributed by atoms with Gasteiger partial charge in [-0.2, -0.15) is 0 Å². The molecule has 15 atom stereocenters. The summed E-state index contributed by atoms with van der Waals surface area (Å²) in [7, 11) is 2.61. The molecule has 4 aromatic heterocycles. The number of para-hydroxylation sites is 1. The number of phenols is 1. The molecule has 45 heteroatoms. The maximum absolute atomic E-state index is 15.7. The number of aliphatic hydroxyl groups excluding tert-OH is 2. The van der Waals surface area contributed by atoms with Crippen LogP contribution in [0, 0.1) is 17.8 Å². The van der Waals surface area contributed by atoms with Crippen LogP contribution in [-0.2, 0) is 112 Å². The number of aromatic hydroxyl groups is 1. The Morgan fingerprint density at radius 3 is 1.90 bits per heavy atom. The van der Waals surface area contributed by atoms with Gasteiger partial charge in [-0.15, -0.1) is 28.2 Å². The average molecular weight is 1920 g/mol. The number of aliphatic carboxylic acids is 2. The minimum absolute atomic E-state index is 0.00163. The lowest BCUT2D eigenvalue weighted by atomic mass is 9.90. The van der Waals surface area contributed by atoms with Gasteiger partial charge in [0.15, 0.2) is 23.2 Å². The molecule has 18 N–H and O–H groups in total. The molecule has 0 unspecified atom stereocenters. The summed E-state index contributed by atoms with van der Waals surface area (Å²) in [5.74, 6) is -23.7. The maximum Gasteiger partial charge on any atom is 0.304 e. The summed E-state index contributed by atoms with van der Waals surface area (Å²) in [6.45, 7) is 2.44. The van der Waals surface area contributed by atoms with Gasteiger partial charge in [-0.3, -0.25) is 86.3 Å². The van der Waals surface area contributed by atoms with Gasteiger partial charge in [-0.25, -0.2) is 9.67 Å². The van der Waals surface area contributed by atoms with Crippen LogP contribution < -0.4 is 48.7 Å². The number of rotatable bonds is 26. The van der Waals surface area contributed by atoms with Gasteiger partial charge in [-0.1, -0.05) is 88.1 Å². The third-order valence-corrected chi connectivity index (χ3v) is 26.7. The molecule has 7 aromatic rings. The number of primary amides is 2. The van der Waals surface area contributed by atoms with E-state index in [4.69, 9.17) is 11.5 Å². The van der Waals surface area contributed by atoms with Gasteiger partial charge in [0.1, 0.15) is 54.1 Å². The zero-order chi connectivity index (χ0) is 98.7. The monoisotopic (exact) mass is 1920 g/mol. The first-order valence-electron chi connectivity index (χ1n) is 45.2. The highest BCUT2D eigenvalue weighted by Gasteiger charge is 2.47. The van der Waals surface area contributed by atoms with Crippen LogP contribution in [0.15, 0.2) is 96.9 Å². The van der Waals surface area contributed by atoms with Gasteiger partial charge in [0, 0.05) is 125 Å². The SMILES string of the molecule is CCCC[C@H]1C(=O)N(C)[C@@H](CCCC)C(=O)N[C@@H](CCC(=O)O)C(=O)N[C@H](C(=O)NCC(N)=O)CSCC(=O)N[C@@H](Cc2ccc(O)cc2)c2nnnn2[C@@H](C)C(=O)C[C@@H](CC(=O)O)C(=O)N2CCC[C@H]2C(=O)C[C@@H](Cc2c[nH]cn2)C(=O)N[C@@H](CCC(N)=O)C(=O)N2C[C@H](O)C[C@H]2C(=O)C[C@@H](Cc2c[nH]c3ccccc23)C(=O)N[C@@H](CO)C(=O)N[C@@H](Cc2csc3ccccc23)C(=O)N1C. The lowest BCUT2D eigenvalue weighted by Gasteiger charge is -2.36. The number of ketones is 3. The fourth-order valence-corrected chi connectivity index (χ4v) is 19.1. The number of aliphatic hydroxyl groups is 2. The molecule has 7 heterocycles. The molecular formula is C91H118N20O23S2. The van der Waals surface area contributed by atoms with Crippen molar-refractivity contribution in [2.24, 2.45) is 29.2 Å². The molecule has 43 nitrogen and oxygen atoms in total. The molecule has 0 radical (unpaired) electrons. The normalized spacial score (nSPS) is 24.6. The number of unbranched alkanes of at least 4 members (excludes halogenated alkanes) is 2. The standard InChI is InChI=1S/C91H118N20O23S2/c1-6-8-18-69-87(130)99-62(27-29-79(121)122)85(128)103-67(84(127)96-42-77(93)119)46-135-47-78(120)98-64(31-50-22-24-57(113)25-23-50)81-104-105-106-111(81)49(3)72(115)37-53(38-80(123)124)88(131)109-30-14-20-68(109)73(116)36-52(33-56-41-94-48-97-56)83(126)100-63(26-28-76(92)118)90(133)110-43-58(114)39-71(110)74(117)35-51(32-54-40-95-61-17-12-10-15-59(54)61)82(125)102-66(44-112)86(129)101-65(34-55-45-136-75-21-13-11-16-60(55)75)89(132)108(5)70(19-9-7-2)91(134)107(69)4/h10-13,15-17,21-25,40-41,45,48-49,51-53,58,62-71,95,112-114H,6-9,14,18-20,26-39,42-44,46-47H2,1-5H3,(H2,92,118)(H2,93,119)(H,94,97)(H,96,127)(H,98,120)(H,99,130)(H,100,126)(H,101,129)(H,102,125)(H,103,128)(H,121,122)(H,123,124)/t49-,51+,52+,53-,58+,62-,63-,64-,65-,66-,67-,68-,69-,70-,71-/m0/s1. The smallest absolute Gasteiger partial charge is 0.304 e. The number of nitrogens with zero attached hydrogens (tertiary/aromatic N) is 9. The van der Waals surface area contributed by atoms with Gasteiger partial charge >= 0.3 is 11.9 Å². The number of thiophene rings is 1. The van der Waals surface area contributed by atoms with Gasteiger partial charge < -0.3 is 104 Å². The number of nitrogens with one attached hydrogen (secondary N) is 9. The fourth-order valence-electron chi connectivity index (χ4n) is 17.3. The van der Waals surface area contributed by atoms with E-state index in [1.54, 1.807) is 61.0 Å². The summed E-state index contributed by atoms with van der Waals surface area (Å²) in [4.78, 5) is 275. The number of carboxylic acids is 2. The number of benzene rings is 3. The summed E-state index contributed by atoms with van der Waals surface area (Å²) in [6.07, 6.45) is -2.39. The van der Waals surface area contributed by atoms with E-state index in [1.165, 1.54) is 69.1 Å². The number of likely N-dealkylation sites (N-methyl/N-ethyl adjacent to an activating group) is 2. The van der Waals surface area contributed by atoms with Crippen molar-refractivity contribution in [3.05, 3.63) is 125 Å². The number of carboxylic acid groups (broad SMARTS) is 2. The van der Waals surface area contributed by atoms with Crippen molar-refractivity contribution in [3.63, 3.8) is 0 Å². The van der Waals surface area contributed by atoms with Crippen molar-refractivity contribution in [2.75, 3.05) is 51.8 Å². The number of aromatic nitrogens is 7. The molecule has 10 rings (SSSR count). The Bertz CT molecular complexity index is 5470. The second-order valence-corrected chi connectivity index (χ2v) is 36.5. The molecule has 3 aliphatic rings. The van der Waals surface area contributed by atoms with Crippen molar-refractivity contribution in [2.45, 2.75) is 228 Å². The van der Waals surface area contributed by atoms with E-state index in [0.29, 0.717) is 52.2 Å². The second kappa shape index (κ2) is 49.7. The number of Topliss-reactive ketones (excluding diaryl/α,β-unsaturated/α-hetero) is 3. The molecule has 3 aromatic carbocycles. The Morgan fingerprint density at radius 1 is 0.596 bits per heavy atom. The summed E-state index contributed by atoms with van der Waals surface area (Å²) in [5.41, 5.74) is 13.5. The predicted molar refractivity (Wildman–Crippen MR) is 491 cm³/mol. The number of amides is 13. The Kier molecular flexibility index (Phi) is 38.2. The van der Waals surface area contributed by atoms with Gasteiger partial charge in [0.2, 0.25) is 76.8 Å². The number of phenolic OH excluding ortho intramolecular Hbond substituents is 1. The molecule has 13 amide bonds. The highest BCUT2D eigenvalue weighted by Crippen LogP contribution is 2.34. The molecule has 0 spiro atoms. The third-order valence-electron chi connectivity index (χ3n) is 24.7. The van der Waals surface area contributed by atoms with Crippen molar-refractivity contribution >= 4 is 150 Å². The van der Waals surface area contributed by atoms with Crippen molar-refractivity contribution in [3.8, 4) is 5.75 Å². The molecule has 0 bridgehead atoms. The number of tetrazole rings is 1. The van der Waals surface area contributed by atoms with E-state index in [0.717, 1.165) is 40.7 Å². The number of imidazole rings is 1. The van der Waals surface area contributed by atoms with Gasteiger partial charge in [0.25, 0.3) is 0 Å². The van der Waals surface area contributed by atoms with Crippen molar-refractivity contribution < 1.29 is 112 Å². The largest absolute Gasteiger partial charge is 0.508 e. The summed E-state index contributed by atoms with van der Waals surface area (Å²) < 4.78 is 1.83. The zero-order valence-electron chi connectivity index (χ0n) is 76.1. The summed E-state index contributed by atoms with van der Waals surface area (Å²) >= 11 is 2.08. The lowest BCUT2D eigenvalue weighted by Crippen LogP contribution is -2.61. The summed E-state index contributed by atoms with van der Waals surface area (Å²) in [6, 6.07) is 2.75. The van der Waals surface area contributed by atoms with Crippen LogP contribution in [0.5, 0.6) is 5.75 Å². The van der Waals surface area contributed by atoms with Crippen LogP contribution in [0.1, 0.15) is 170 Å². The van der Waals surface area contributed by atoms with E-state index in [1.807, 2.05) is 13.0 Å². The van der Waals surface area contributed by atoms with Crippen LogP contribution in [-0.4, -0.2) is 299 Å². The predicted octanol–water partition coefficient (Wildman–Crippen LogP) is 0.570. The fraction of sp³-hybridized carbons (Fsp3) is 0.516. The van der Waals surface area contributed by atoms with Gasteiger partial charge in [0.05, 0.1) is 73.4 Å². The van der Waals surface area contributed by atoms with Crippen LogP contribution in [0.25, 0.3) is 21.0 Å². The second-order valence-electron chi connectivity index (χ2n) is 34.6. The van der Waals surface area contributed by atoms with E-state index in [2.05, 4.69) is 67.7 Å². The number of thioether (sulfide) groups is 1. The van der Waals surface area contributed by atoms with Crippen molar-refractivity contribution in [1.29, 1.82) is 0 Å². The van der Waals surface area contributed by atoms with Crippen LogP contribution in [0.3, 0.4) is 0 Å². The number of hydrogen-bond donors (Lipinski definition) is 16. The van der Waals surface area contributed by atoms with Crippen molar-refractivity contribution in [1.82, 2.24) is 92.0 Å². The van der Waals surface area contributed by atoms with E-state index in [-0.39, 0.29) is 81.6 Å². The number of nitrogens with two attached hydrogens (primary N) is 2. The Morgan fingerprint density at radius 2 is 1.23 bits per heavy atom. The third kappa shape index (κ3) is 28.4. The molecule has 0 saturated carbocycles. The number of fused-ring (bicyclic) bond motifs is 5. The highest BCUT2D eigenvalue weighted by molar-refractivity contribution is 8.00. The van der Waals surface area contributed by atoms with E-state index >= 15 is 47.9 Å². The van der Waals surface area contributed by atoms with Crippen LogP contribution in [0.4, 0.5) is 0 Å². The van der Waals surface area contributed by atoms with Gasteiger partial charge in [-0.05, 0) is 114 Å². The molecule has 3 aliphatic heterocycles. The molecule has 2 saturated heterocycles. The van der Waals surface area contributed by atoms with E-state index < -0.39 is 285 Å². The Balaban J connectivity index is 1.03.